The Bertz CT molecular complexity index is 576. The van der Waals surface area contributed by atoms with E-state index in [2.05, 4.69) is 16.9 Å². The third-order valence-electron chi connectivity index (χ3n) is 4.98. The number of ether oxygens (including phenoxy) is 1. The fourth-order valence-corrected chi connectivity index (χ4v) is 3.87. The number of rotatable bonds is 8. The molecule has 24 heavy (non-hydrogen) atoms. The van der Waals surface area contributed by atoms with Crippen LogP contribution in [0.25, 0.3) is 0 Å². The van der Waals surface area contributed by atoms with Crippen molar-refractivity contribution >= 4 is 17.6 Å². The van der Waals surface area contributed by atoms with E-state index in [1.807, 2.05) is 7.05 Å². The van der Waals surface area contributed by atoms with Crippen LogP contribution in [0.2, 0.25) is 5.15 Å². The summed E-state index contributed by atoms with van der Waals surface area (Å²) in [6, 6.07) is 0. The van der Waals surface area contributed by atoms with Crippen LogP contribution in [-0.4, -0.2) is 52.6 Å². The van der Waals surface area contributed by atoms with Crippen molar-refractivity contribution in [1.29, 1.82) is 0 Å². The Kier molecular flexibility index (Phi) is 6.66. The monoisotopic (exact) mass is 357 g/mol. The molecule has 2 rings (SSSR count). The molecule has 0 spiro atoms. The van der Waals surface area contributed by atoms with Gasteiger partial charge in [0.05, 0.1) is 11.1 Å². The lowest BCUT2D eigenvalue weighted by atomic mass is 9.76. The summed E-state index contributed by atoms with van der Waals surface area (Å²) >= 11 is 6.39. The average Bonchev–Trinajstić information content (AvgIpc) is 2.83. The van der Waals surface area contributed by atoms with Crippen molar-refractivity contribution in [3.05, 3.63) is 16.4 Å². The Labute approximate surface area is 148 Å². The lowest BCUT2D eigenvalue weighted by Crippen LogP contribution is -2.47. The van der Waals surface area contributed by atoms with Gasteiger partial charge in [-0.15, -0.1) is 0 Å². The zero-order chi connectivity index (χ0) is 17.7. The highest BCUT2D eigenvalue weighted by Gasteiger charge is 2.42. The van der Waals surface area contributed by atoms with Crippen LogP contribution in [-0.2, 0) is 29.5 Å². The Morgan fingerprint density at radius 3 is 2.88 bits per heavy atom. The van der Waals surface area contributed by atoms with E-state index in [-0.39, 0.29) is 0 Å². The molecule has 2 heterocycles. The van der Waals surface area contributed by atoms with Crippen molar-refractivity contribution in [1.82, 2.24) is 14.7 Å². The Morgan fingerprint density at radius 2 is 2.25 bits per heavy atom. The Hall–Kier alpha value is -1.11. The quantitative estimate of drug-likeness (QED) is 0.724. The number of methoxy groups -OCH3 is 1. The van der Waals surface area contributed by atoms with E-state index >= 15 is 0 Å². The summed E-state index contributed by atoms with van der Waals surface area (Å²) in [5.74, 6) is -0.698. The molecule has 0 amide bonds. The van der Waals surface area contributed by atoms with Crippen molar-refractivity contribution in [2.75, 3.05) is 26.8 Å². The molecule has 0 radical (unpaired) electrons. The van der Waals surface area contributed by atoms with E-state index in [1.165, 1.54) is 0 Å². The number of piperidine rings is 1. The van der Waals surface area contributed by atoms with Crippen LogP contribution in [0.5, 0.6) is 0 Å². The number of likely N-dealkylation sites (tertiary alicyclic amines) is 1. The number of aryl methyl sites for hydroxylation is 2. The predicted octanol–water partition coefficient (Wildman–Crippen LogP) is 2.73. The first-order valence-electron chi connectivity index (χ1n) is 8.58. The highest BCUT2D eigenvalue weighted by Crippen LogP contribution is 2.36. The number of carbonyl (C=O) groups is 1. The standard InChI is InChI=1S/C17H28ClN3O3/c1-4-14-13(15(18)20(2)19-14)11-21-9-5-7-17(12-21,16(22)23)8-6-10-24-3/h4-12H2,1-3H3,(H,22,23). The largest absolute Gasteiger partial charge is 0.481 e. The number of carboxylic acids is 1. The molecule has 1 fully saturated rings. The molecule has 1 saturated heterocycles. The van der Waals surface area contributed by atoms with Gasteiger partial charge in [0.15, 0.2) is 0 Å². The van der Waals surface area contributed by atoms with Crippen LogP contribution >= 0.6 is 11.6 Å². The van der Waals surface area contributed by atoms with E-state index in [0.29, 0.717) is 31.3 Å². The SMILES string of the molecule is CCc1nn(C)c(Cl)c1CN1CCCC(CCCOC)(C(=O)O)C1. The van der Waals surface area contributed by atoms with Crippen molar-refractivity contribution in [2.24, 2.45) is 12.5 Å². The van der Waals surface area contributed by atoms with Crippen molar-refractivity contribution in [3.8, 4) is 0 Å². The zero-order valence-corrected chi connectivity index (χ0v) is 15.6. The van der Waals surface area contributed by atoms with E-state index in [9.17, 15) is 9.90 Å². The predicted molar refractivity (Wildman–Crippen MR) is 93.3 cm³/mol. The topological polar surface area (TPSA) is 67.6 Å². The number of carboxylic acid groups (broad SMARTS) is 1. The molecule has 1 aliphatic rings. The molecule has 6 nitrogen and oxygen atoms in total. The van der Waals surface area contributed by atoms with Gasteiger partial charge in [0, 0.05) is 39.4 Å². The molecule has 7 heteroatoms. The minimum absolute atomic E-state index is 0.556. The van der Waals surface area contributed by atoms with E-state index in [0.717, 1.165) is 43.5 Å². The number of hydrogen-bond acceptors (Lipinski definition) is 4. The maximum absolute atomic E-state index is 12.0. The number of aliphatic carboxylic acids is 1. The lowest BCUT2D eigenvalue weighted by molar-refractivity contribution is -0.153. The lowest BCUT2D eigenvalue weighted by Gasteiger charge is -2.40. The summed E-state index contributed by atoms with van der Waals surface area (Å²) in [5.41, 5.74) is 1.34. The molecule has 0 bridgehead atoms. The molecule has 1 N–H and O–H groups in total. The maximum Gasteiger partial charge on any atom is 0.310 e. The highest BCUT2D eigenvalue weighted by atomic mass is 35.5. The molecule has 136 valence electrons. The molecule has 1 aliphatic heterocycles. The number of aromatic nitrogens is 2. The van der Waals surface area contributed by atoms with Gasteiger partial charge in [-0.1, -0.05) is 18.5 Å². The summed E-state index contributed by atoms with van der Waals surface area (Å²) in [6.45, 7) is 4.78. The van der Waals surface area contributed by atoms with Crippen LogP contribution in [0.1, 0.15) is 43.9 Å². The first-order valence-corrected chi connectivity index (χ1v) is 8.96. The Balaban J connectivity index is 2.13. The van der Waals surface area contributed by atoms with Gasteiger partial charge in [-0.3, -0.25) is 14.4 Å². The van der Waals surface area contributed by atoms with Crippen molar-refractivity contribution < 1.29 is 14.6 Å². The first kappa shape index (κ1) is 19.2. The summed E-state index contributed by atoms with van der Waals surface area (Å²) in [7, 11) is 3.49. The van der Waals surface area contributed by atoms with Crippen LogP contribution in [0.15, 0.2) is 0 Å². The Morgan fingerprint density at radius 1 is 1.50 bits per heavy atom. The molecular formula is C17H28ClN3O3. The second-order valence-corrected chi connectivity index (χ2v) is 7.05. The smallest absolute Gasteiger partial charge is 0.310 e. The normalized spacial score (nSPS) is 22.0. The van der Waals surface area contributed by atoms with Crippen LogP contribution in [0.4, 0.5) is 0 Å². The number of nitrogens with zero attached hydrogens (tertiary/aromatic N) is 3. The summed E-state index contributed by atoms with van der Waals surface area (Å²) in [6.07, 6.45) is 3.85. The molecule has 1 atom stereocenters. The molecule has 1 unspecified atom stereocenters. The highest BCUT2D eigenvalue weighted by molar-refractivity contribution is 6.30. The second kappa shape index (κ2) is 8.32. The summed E-state index contributed by atoms with van der Waals surface area (Å²) < 4.78 is 6.79. The molecule has 0 aliphatic carbocycles. The van der Waals surface area contributed by atoms with Gasteiger partial charge >= 0.3 is 5.97 Å². The van der Waals surface area contributed by atoms with E-state index < -0.39 is 11.4 Å². The van der Waals surface area contributed by atoms with E-state index in [1.54, 1.807) is 11.8 Å². The van der Waals surface area contributed by atoms with Gasteiger partial charge in [-0.25, -0.2) is 0 Å². The zero-order valence-electron chi connectivity index (χ0n) is 14.8. The van der Waals surface area contributed by atoms with Gasteiger partial charge in [-0.05, 0) is 38.6 Å². The number of halogens is 1. The fourth-order valence-electron chi connectivity index (χ4n) is 3.67. The third kappa shape index (κ3) is 4.10. The van der Waals surface area contributed by atoms with Crippen LogP contribution < -0.4 is 0 Å². The fraction of sp³-hybridized carbons (Fsp3) is 0.765. The minimum atomic E-state index is -0.698. The van der Waals surface area contributed by atoms with Crippen molar-refractivity contribution in [2.45, 2.75) is 45.6 Å². The summed E-state index contributed by atoms with van der Waals surface area (Å²) in [4.78, 5) is 14.2. The minimum Gasteiger partial charge on any atom is -0.481 e. The summed E-state index contributed by atoms with van der Waals surface area (Å²) in [5, 5.41) is 14.9. The van der Waals surface area contributed by atoms with Crippen LogP contribution in [0.3, 0.4) is 0 Å². The van der Waals surface area contributed by atoms with Gasteiger partial charge < -0.3 is 9.84 Å². The van der Waals surface area contributed by atoms with E-state index in [4.69, 9.17) is 16.3 Å². The van der Waals surface area contributed by atoms with Crippen LogP contribution in [0, 0.1) is 5.41 Å². The second-order valence-electron chi connectivity index (χ2n) is 6.69. The van der Waals surface area contributed by atoms with Gasteiger partial charge in [-0.2, -0.15) is 5.10 Å². The molecule has 1 aromatic heterocycles. The van der Waals surface area contributed by atoms with Gasteiger partial charge in [0.2, 0.25) is 0 Å². The molecule has 0 aromatic carbocycles. The van der Waals surface area contributed by atoms with Gasteiger partial charge in [0.1, 0.15) is 5.15 Å². The molecular weight excluding hydrogens is 330 g/mol. The average molecular weight is 358 g/mol. The third-order valence-corrected chi connectivity index (χ3v) is 5.45. The molecule has 0 saturated carbocycles. The molecule has 1 aromatic rings. The maximum atomic E-state index is 12.0. The van der Waals surface area contributed by atoms with Gasteiger partial charge in [0.25, 0.3) is 0 Å². The number of hydrogen-bond donors (Lipinski definition) is 1. The van der Waals surface area contributed by atoms with Crippen molar-refractivity contribution in [3.63, 3.8) is 0 Å². The first-order chi connectivity index (χ1) is 11.4.